The van der Waals surface area contributed by atoms with Gasteiger partial charge in [-0.05, 0) is 43.5 Å². The van der Waals surface area contributed by atoms with Gasteiger partial charge < -0.3 is 14.8 Å². The maximum atomic E-state index is 11.3. The first-order valence-electron chi connectivity index (χ1n) is 9.66. The lowest BCUT2D eigenvalue weighted by Crippen LogP contribution is -2.24. The van der Waals surface area contributed by atoms with Crippen molar-refractivity contribution in [2.24, 2.45) is 4.99 Å². The molecule has 3 rings (SSSR count). The van der Waals surface area contributed by atoms with Gasteiger partial charge in [-0.15, -0.1) is 0 Å². The molecule has 0 saturated carbocycles. The molecule has 146 valence electrons. The quantitative estimate of drug-likeness (QED) is 0.510. The molecule has 0 aliphatic carbocycles. The van der Waals surface area contributed by atoms with Crippen molar-refractivity contribution < 1.29 is 14.3 Å². The van der Waals surface area contributed by atoms with Gasteiger partial charge in [-0.2, -0.15) is 0 Å². The van der Waals surface area contributed by atoms with Crippen molar-refractivity contribution in [1.29, 1.82) is 0 Å². The van der Waals surface area contributed by atoms with Crippen LogP contribution in [0.3, 0.4) is 0 Å². The first-order chi connectivity index (χ1) is 13.7. The van der Waals surface area contributed by atoms with Crippen LogP contribution in [0.4, 0.5) is 5.69 Å². The topological polar surface area (TPSA) is 59.9 Å². The number of carbonyl (C=O) groups excluding carboxylic acids is 1. The Hall–Kier alpha value is -3.08. The van der Waals surface area contributed by atoms with E-state index in [9.17, 15) is 4.79 Å². The highest BCUT2D eigenvalue weighted by molar-refractivity contribution is 5.97. The summed E-state index contributed by atoms with van der Waals surface area (Å²) >= 11 is 0. The number of para-hydroxylation sites is 1. The van der Waals surface area contributed by atoms with Crippen LogP contribution < -0.4 is 10.1 Å². The molecule has 0 atom stereocenters. The Kier molecular flexibility index (Phi) is 6.84. The lowest BCUT2D eigenvalue weighted by molar-refractivity contribution is -0.143. The molecule has 2 aromatic carbocycles. The van der Waals surface area contributed by atoms with E-state index in [0.29, 0.717) is 26.1 Å². The van der Waals surface area contributed by atoms with Gasteiger partial charge in [0.05, 0.1) is 18.9 Å². The van der Waals surface area contributed by atoms with Crippen molar-refractivity contribution in [3.8, 4) is 5.75 Å². The molecule has 0 saturated heterocycles. The molecule has 0 bridgehead atoms. The summed E-state index contributed by atoms with van der Waals surface area (Å²) in [4.78, 5) is 16.0. The molecule has 1 aliphatic heterocycles. The van der Waals surface area contributed by atoms with Crippen LogP contribution in [0, 0.1) is 0 Å². The van der Waals surface area contributed by atoms with Crippen LogP contribution in [-0.2, 0) is 16.0 Å². The summed E-state index contributed by atoms with van der Waals surface area (Å²) in [7, 11) is 0. The lowest BCUT2D eigenvalue weighted by atomic mass is 10.1. The Morgan fingerprint density at radius 1 is 1.11 bits per heavy atom. The van der Waals surface area contributed by atoms with Gasteiger partial charge in [-0.3, -0.25) is 4.79 Å². The molecule has 0 fully saturated rings. The Balaban J connectivity index is 1.46. The van der Waals surface area contributed by atoms with Crippen LogP contribution in [0.25, 0.3) is 5.70 Å². The predicted octanol–water partition coefficient (Wildman–Crippen LogP) is 4.65. The number of amidine groups is 1. The van der Waals surface area contributed by atoms with E-state index >= 15 is 0 Å². The minimum Gasteiger partial charge on any atom is -0.494 e. The number of benzene rings is 2. The van der Waals surface area contributed by atoms with Crippen LogP contribution in [0.2, 0.25) is 0 Å². The largest absolute Gasteiger partial charge is 0.494 e. The summed E-state index contributed by atoms with van der Waals surface area (Å²) in [5.41, 5.74) is 4.13. The van der Waals surface area contributed by atoms with Crippen LogP contribution in [0.5, 0.6) is 5.75 Å². The van der Waals surface area contributed by atoms with Gasteiger partial charge in [-0.25, -0.2) is 4.99 Å². The molecule has 1 heterocycles. The fourth-order valence-corrected chi connectivity index (χ4v) is 3.01. The summed E-state index contributed by atoms with van der Waals surface area (Å²) in [5, 5.41) is 3.30. The molecule has 2 aromatic rings. The molecule has 1 aliphatic rings. The van der Waals surface area contributed by atoms with E-state index in [-0.39, 0.29) is 5.97 Å². The zero-order valence-electron chi connectivity index (χ0n) is 16.2. The second kappa shape index (κ2) is 9.74. The third kappa shape index (κ3) is 5.46. The number of hydrogen-bond acceptors (Lipinski definition) is 5. The van der Waals surface area contributed by atoms with E-state index in [4.69, 9.17) is 9.47 Å². The molecule has 0 aromatic heterocycles. The highest BCUT2D eigenvalue weighted by Crippen LogP contribution is 2.28. The molecule has 0 radical (unpaired) electrons. The van der Waals surface area contributed by atoms with E-state index in [1.807, 2.05) is 43.3 Å². The van der Waals surface area contributed by atoms with Crippen molar-refractivity contribution in [2.75, 3.05) is 13.2 Å². The number of aryl methyl sites for hydroxylation is 1. The van der Waals surface area contributed by atoms with Gasteiger partial charge in [-0.1, -0.05) is 36.9 Å². The van der Waals surface area contributed by atoms with Crippen molar-refractivity contribution >= 4 is 23.2 Å². The second-order valence-corrected chi connectivity index (χ2v) is 6.58. The highest BCUT2D eigenvalue weighted by Gasteiger charge is 2.13. The van der Waals surface area contributed by atoms with E-state index < -0.39 is 0 Å². The average molecular weight is 378 g/mol. The number of esters is 1. The van der Waals surface area contributed by atoms with Crippen LogP contribution in [0.15, 0.2) is 60.1 Å². The Morgan fingerprint density at radius 3 is 2.68 bits per heavy atom. The van der Waals surface area contributed by atoms with E-state index in [1.165, 1.54) is 5.56 Å². The number of hydrogen-bond donors (Lipinski definition) is 1. The number of ether oxygens (including phenoxy) is 2. The fourth-order valence-electron chi connectivity index (χ4n) is 3.01. The zero-order chi connectivity index (χ0) is 19.8. The van der Waals surface area contributed by atoms with Crippen molar-refractivity contribution in [3.05, 3.63) is 66.2 Å². The molecule has 0 spiro atoms. The Bertz CT molecular complexity index is 856. The van der Waals surface area contributed by atoms with Crippen LogP contribution >= 0.6 is 0 Å². The van der Waals surface area contributed by atoms with E-state index in [0.717, 1.165) is 41.4 Å². The summed E-state index contributed by atoms with van der Waals surface area (Å²) < 4.78 is 10.6. The number of carbonyl (C=O) groups is 1. The van der Waals surface area contributed by atoms with Gasteiger partial charge in [0.25, 0.3) is 0 Å². The number of nitrogens with zero attached hydrogens (tertiary/aromatic N) is 1. The molecule has 0 amide bonds. The molecule has 28 heavy (non-hydrogen) atoms. The number of aliphatic imine (C=N–C) groups is 1. The third-order valence-electron chi connectivity index (χ3n) is 4.45. The summed E-state index contributed by atoms with van der Waals surface area (Å²) in [5.74, 6) is 1.57. The summed E-state index contributed by atoms with van der Waals surface area (Å²) in [6.45, 7) is 6.82. The third-order valence-corrected chi connectivity index (χ3v) is 4.45. The smallest absolute Gasteiger partial charge is 0.305 e. The maximum absolute atomic E-state index is 11.3. The van der Waals surface area contributed by atoms with Gasteiger partial charge in [0.15, 0.2) is 0 Å². The van der Waals surface area contributed by atoms with Gasteiger partial charge in [0, 0.05) is 24.1 Å². The van der Waals surface area contributed by atoms with Crippen LogP contribution in [-0.4, -0.2) is 25.0 Å². The second-order valence-electron chi connectivity index (χ2n) is 6.58. The Labute approximate surface area is 166 Å². The molecule has 1 N–H and O–H groups in total. The minimum atomic E-state index is -0.175. The molecule has 5 heteroatoms. The molecule has 5 nitrogen and oxygen atoms in total. The van der Waals surface area contributed by atoms with E-state index in [2.05, 4.69) is 29.0 Å². The van der Waals surface area contributed by atoms with E-state index in [1.54, 1.807) is 0 Å². The SMILES string of the molecule is C=C1NC(CCc2ccc(OCCCC(=O)OCC)cc2)=Nc2ccccc21. The molecular weight excluding hydrogens is 352 g/mol. The summed E-state index contributed by atoms with van der Waals surface area (Å²) in [6.07, 6.45) is 2.73. The highest BCUT2D eigenvalue weighted by atomic mass is 16.5. The number of rotatable bonds is 9. The predicted molar refractivity (Wildman–Crippen MR) is 112 cm³/mol. The molecule has 0 unspecified atom stereocenters. The first kappa shape index (κ1) is 19.7. The van der Waals surface area contributed by atoms with Crippen molar-refractivity contribution in [1.82, 2.24) is 5.32 Å². The fraction of sp³-hybridized carbons (Fsp3) is 0.304. The molecular formula is C23H26N2O3. The van der Waals surface area contributed by atoms with Gasteiger partial charge in [0.1, 0.15) is 11.6 Å². The number of fused-ring (bicyclic) bond motifs is 1. The summed E-state index contributed by atoms with van der Waals surface area (Å²) in [6, 6.07) is 16.1. The maximum Gasteiger partial charge on any atom is 0.305 e. The van der Waals surface area contributed by atoms with Crippen molar-refractivity contribution in [3.63, 3.8) is 0 Å². The lowest BCUT2D eigenvalue weighted by Gasteiger charge is -2.19. The van der Waals surface area contributed by atoms with Gasteiger partial charge in [0.2, 0.25) is 0 Å². The zero-order valence-corrected chi connectivity index (χ0v) is 16.2. The normalized spacial score (nSPS) is 12.6. The Morgan fingerprint density at radius 2 is 1.89 bits per heavy atom. The first-order valence-corrected chi connectivity index (χ1v) is 9.66. The van der Waals surface area contributed by atoms with Gasteiger partial charge >= 0.3 is 5.97 Å². The monoisotopic (exact) mass is 378 g/mol. The van der Waals surface area contributed by atoms with Crippen molar-refractivity contribution in [2.45, 2.75) is 32.6 Å². The minimum absolute atomic E-state index is 0.175. The standard InChI is InChI=1S/C23H26N2O3/c1-3-27-23(26)9-6-16-28-19-13-10-18(11-14-19)12-15-22-24-17(2)20-7-4-5-8-21(20)25-22/h4-5,7-8,10-11,13-14H,2-3,6,9,12,15-16H2,1H3,(H,24,25). The van der Waals surface area contributed by atoms with Crippen LogP contribution in [0.1, 0.15) is 37.3 Å². The number of nitrogens with one attached hydrogen (secondary N) is 1. The average Bonchev–Trinajstić information content (AvgIpc) is 2.71.